The topological polar surface area (TPSA) is 42.9 Å². The first-order valence-electron chi connectivity index (χ1n) is 4.53. The number of aromatic nitrogens is 2. The van der Waals surface area contributed by atoms with Crippen LogP contribution in [0.3, 0.4) is 0 Å². The number of carbonyl (C=O) groups is 1. The minimum absolute atomic E-state index is 0.184. The van der Waals surface area contributed by atoms with Crippen molar-refractivity contribution in [2.45, 2.75) is 13.8 Å². The van der Waals surface area contributed by atoms with Crippen LogP contribution in [0.2, 0.25) is 0 Å². The van der Waals surface area contributed by atoms with Gasteiger partial charge in [-0.15, -0.1) is 0 Å². The summed E-state index contributed by atoms with van der Waals surface area (Å²) in [6.07, 6.45) is 0. The van der Waals surface area contributed by atoms with Crippen LogP contribution < -0.4 is 0 Å². The largest absolute Gasteiger partial charge is 0.293 e. The molecule has 0 spiro atoms. The second-order valence-corrected chi connectivity index (χ2v) is 3.34. The van der Waals surface area contributed by atoms with E-state index in [1.807, 2.05) is 0 Å². The van der Waals surface area contributed by atoms with Gasteiger partial charge in [-0.25, -0.2) is 14.4 Å². The molecule has 0 bridgehead atoms. The average molecular weight is 204 g/mol. The van der Waals surface area contributed by atoms with Gasteiger partial charge in [-0.2, -0.15) is 0 Å². The Morgan fingerprint density at radius 2 is 2.07 bits per heavy atom. The van der Waals surface area contributed by atoms with Crippen molar-refractivity contribution < 1.29 is 9.18 Å². The SMILES string of the molecule is CC(=O)c1nc(C)nc2ccc(F)cc12. The molecule has 0 aliphatic heterocycles. The van der Waals surface area contributed by atoms with Crippen molar-refractivity contribution in [3.8, 4) is 0 Å². The van der Waals surface area contributed by atoms with Gasteiger partial charge in [0, 0.05) is 12.3 Å². The molecule has 0 radical (unpaired) electrons. The molecule has 1 heterocycles. The highest BCUT2D eigenvalue weighted by molar-refractivity contribution is 6.04. The molecule has 0 N–H and O–H groups in total. The molecule has 4 heteroatoms. The first-order chi connectivity index (χ1) is 7.08. The molecule has 0 fully saturated rings. The number of Topliss-reactive ketones (excluding diaryl/α,β-unsaturated/α-hetero) is 1. The van der Waals surface area contributed by atoms with Crippen LogP contribution in [0.5, 0.6) is 0 Å². The van der Waals surface area contributed by atoms with E-state index in [0.29, 0.717) is 16.7 Å². The highest BCUT2D eigenvalue weighted by Crippen LogP contribution is 2.17. The summed E-state index contributed by atoms with van der Waals surface area (Å²) in [4.78, 5) is 19.5. The van der Waals surface area contributed by atoms with Crippen molar-refractivity contribution in [3.63, 3.8) is 0 Å². The number of hydrogen-bond donors (Lipinski definition) is 0. The van der Waals surface area contributed by atoms with E-state index in [2.05, 4.69) is 9.97 Å². The van der Waals surface area contributed by atoms with Crippen LogP contribution in [0, 0.1) is 12.7 Å². The Hall–Kier alpha value is -1.84. The first kappa shape index (κ1) is 9.71. The zero-order valence-corrected chi connectivity index (χ0v) is 8.41. The van der Waals surface area contributed by atoms with Crippen molar-refractivity contribution >= 4 is 16.7 Å². The molecule has 1 aromatic heterocycles. The molecule has 0 amide bonds. The zero-order chi connectivity index (χ0) is 11.0. The summed E-state index contributed by atoms with van der Waals surface area (Å²) in [6.45, 7) is 3.11. The molecule has 15 heavy (non-hydrogen) atoms. The first-order valence-corrected chi connectivity index (χ1v) is 4.53. The van der Waals surface area contributed by atoms with E-state index in [1.54, 1.807) is 13.0 Å². The van der Waals surface area contributed by atoms with E-state index in [1.165, 1.54) is 19.1 Å². The third kappa shape index (κ3) is 1.70. The van der Waals surface area contributed by atoms with Crippen LogP contribution in [-0.2, 0) is 0 Å². The van der Waals surface area contributed by atoms with E-state index in [9.17, 15) is 9.18 Å². The summed E-state index contributed by atoms with van der Waals surface area (Å²) < 4.78 is 13.0. The molecule has 0 saturated carbocycles. The van der Waals surface area contributed by atoms with Crippen molar-refractivity contribution in [1.29, 1.82) is 0 Å². The van der Waals surface area contributed by atoms with E-state index in [0.717, 1.165) is 0 Å². The summed E-state index contributed by atoms with van der Waals surface area (Å²) in [7, 11) is 0. The fourth-order valence-electron chi connectivity index (χ4n) is 1.49. The molecule has 0 aliphatic carbocycles. The fourth-order valence-corrected chi connectivity index (χ4v) is 1.49. The minimum atomic E-state index is -0.391. The molecule has 2 rings (SSSR count). The Morgan fingerprint density at radius 1 is 1.33 bits per heavy atom. The van der Waals surface area contributed by atoms with Gasteiger partial charge in [0.1, 0.15) is 17.3 Å². The number of aryl methyl sites for hydroxylation is 1. The Balaban J connectivity index is 2.87. The lowest BCUT2D eigenvalue weighted by Crippen LogP contribution is -2.02. The Morgan fingerprint density at radius 3 is 2.73 bits per heavy atom. The maximum absolute atomic E-state index is 13.0. The molecular formula is C11H9FN2O. The van der Waals surface area contributed by atoms with Crippen molar-refractivity contribution in [3.05, 3.63) is 35.5 Å². The maximum Gasteiger partial charge on any atom is 0.178 e. The van der Waals surface area contributed by atoms with Gasteiger partial charge in [0.15, 0.2) is 5.78 Å². The number of benzene rings is 1. The standard InChI is InChI=1S/C11H9FN2O/c1-6(15)11-9-5-8(12)3-4-10(9)13-7(2)14-11/h3-5H,1-2H3. The van der Waals surface area contributed by atoms with E-state index in [4.69, 9.17) is 0 Å². The van der Waals surface area contributed by atoms with E-state index >= 15 is 0 Å². The fraction of sp³-hybridized carbons (Fsp3) is 0.182. The van der Waals surface area contributed by atoms with Gasteiger partial charge in [-0.1, -0.05) is 0 Å². The lowest BCUT2D eigenvalue weighted by molar-refractivity contribution is 0.101. The molecular weight excluding hydrogens is 195 g/mol. The van der Waals surface area contributed by atoms with Gasteiger partial charge < -0.3 is 0 Å². The monoisotopic (exact) mass is 204 g/mol. The molecule has 0 atom stereocenters. The summed E-state index contributed by atoms with van der Waals surface area (Å²) in [6, 6.07) is 4.15. The van der Waals surface area contributed by atoms with Gasteiger partial charge in [0.2, 0.25) is 0 Å². The number of fused-ring (bicyclic) bond motifs is 1. The highest BCUT2D eigenvalue weighted by Gasteiger charge is 2.10. The Kier molecular flexibility index (Phi) is 2.19. The van der Waals surface area contributed by atoms with Crippen molar-refractivity contribution in [2.24, 2.45) is 0 Å². The number of halogens is 1. The molecule has 2 aromatic rings. The molecule has 0 unspecified atom stereocenters. The average Bonchev–Trinajstić information content (AvgIpc) is 2.17. The maximum atomic E-state index is 13.0. The molecule has 0 aliphatic rings. The van der Waals surface area contributed by atoms with Crippen LogP contribution in [-0.4, -0.2) is 15.8 Å². The zero-order valence-electron chi connectivity index (χ0n) is 8.41. The highest BCUT2D eigenvalue weighted by atomic mass is 19.1. The van der Waals surface area contributed by atoms with Crippen LogP contribution in [0.1, 0.15) is 23.2 Å². The number of nitrogens with zero attached hydrogens (tertiary/aromatic N) is 2. The van der Waals surface area contributed by atoms with Gasteiger partial charge in [0.05, 0.1) is 5.52 Å². The van der Waals surface area contributed by atoms with Crippen LogP contribution in [0.25, 0.3) is 10.9 Å². The Labute approximate surface area is 86.0 Å². The predicted molar refractivity (Wildman–Crippen MR) is 54.2 cm³/mol. The van der Waals surface area contributed by atoms with Crippen molar-refractivity contribution in [1.82, 2.24) is 9.97 Å². The van der Waals surface area contributed by atoms with Gasteiger partial charge in [0.25, 0.3) is 0 Å². The van der Waals surface area contributed by atoms with Crippen molar-refractivity contribution in [2.75, 3.05) is 0 Å². The molecule has 3 nitrogen and oxygen atoms in total. The second-order valence-electron chi connectivity index (χ2n) is 3.34. The van der Waals surface area contributed by atoms with Gasteiger partial charge in [-0.05, 0) is 25.1 Å². The molecule has 0 saturated heterocycles. The lowest BCUT2D eigenvalue weighted by Gasteiger charge is -2.03. The summed E-state index contributed by atoms with van der Waals surface area (Å²) in [5.41, 5.74) is 0.867. The second kappa shape index (κ2) is 3.38. The van der Waals surface area contributed by atoms with Crippen LogP contribution >= 0.6 is 0 Å². The molecule has 76 valence electrons. The summed E-state index contributed by atoms with van der Waals surface area (Å²) >= 11 is 0. The van der Waals surface area contributed by atoms with Gasteiger partial charge >= 0.3 is 0 Å². The Bertz CT molecular complexity index is 552. The number of carbonyl (C=O) groups excluding carboxylic acids is 1. The third-order valence-corrected chi connectivity index (χ3v) is 2.10. The van der Waals surface area contributed by atoms with E-state index in [-0.39, 0.29) is 11.5 Å². The number of ketones is 1. The van der Waals surface area contributed by atoms with Crippen LogP contribution in [0.4, 0.5) is 4.39 Å². The minimum Gasteiger partial charge on any atom is -0.293 e. The van der Waals surface area contributed by atoms with E-state index < -0.39 is 5.82 Å². The van der Waals surface area contributed by atoms with Crippen LogP contribution in [0.15, 0.2) is 18.2 Å². The summed E-state index contributed by atoms with van der Waals surface area (Å²) in [5.74, 6) is -0.0622. The quantitative estimate of drug-likeness (QED) is 0.669. The predicted octanol–water partition coefficient (Wildman–Crippen LogP) is 2.28. The normalized spacial score (nSPS) is 10.6. The third-order valence-electron chi connectivity index (χ3n) is 2.10. The summed E-state index contributed by atoms with van der Waals surface area (Å²) in [5, 5.41) is 0.466. The number of rotatable bonds is 1. The van der Waals surface area contributed by atoms with Gasteiger partial charge in [-0.3, -0.25) is 4.79 Å². The smallest absolute Gasteiger partial charge is 0.178 e. The number of hydrogen-bond acceptors (Lipinski definition) is 3. The lowest BCUT2D eigenvalue weighted by atomic mass is 10.1. The molecule has 1 aromatic carbocycles.